The van der Waals surface area contributed by atoms with Gasteiger partial charge in [0.2, 0.25) is 5.91 Å². The zero-order valence-electron chi connectivity index (χ0n) is 12.7. The first-order valence-electron chi connectivity index (χ1n) is 7.39. The lowest BCUT2D eigenvalue weighted by Crippen LogP contribution is -2.29. The highest BCUT2D eigenvalue weighted by Crippen LogP contribution is 2.18. The van der Waals surface area contributed by atoms with E-state index < -0.39 is 11.6 Å². The van der Waals surface area contributed by atoms with Gasteiger partial charge in [-0.2, -0.15) is 5.10 Å². The average Bonchev–Trinajstić information content (AvgIpc) is 3.21. The van der Waals surface area contributed by atoms with Gasteiger partial charge in [-0.15, -0.1) is 0 Å². The number of rotatable bonds is 6. The maximum Gasteiger partial charge on any atom is 0.224 e. The molecule has 0 fully saturated rings. The van der Waals surface area contributed by atoms with Gasteiger partial charge in [-0.05, 0) is 23.8 Å². The predicted molar refractivity (Wildman–Crippen MR) is 83.0 cm³/mol. The molecule has 0 aliphatic carbocycles. The third kappa shape index (κ3) is 3.87. The van der Waals surface area contributed by atoms with Crippen molar-refractivity contribution >= 4 is 5.91 Å². The molecule has 5 nitrogen and oxygen atoms in total. The Bertz CT molecular complexity index is 828. The molecule has 2 aromatic heterocycles. The molecule has 0 unspecified atom stereocenters. The summed E-state index contributed by atoms with van der Waals surface area (Å²) in [6, 6.07) is 6.79. The monoisotopic (exact) mass is 331 g/mol. The van der Waals surface area contributed by atoms with Gasteiger partial charge < -0.3 is 9.73 Å². The molecule has 3 aromatic rings. The van der Waals surface area contributed by atoms with E-state index in [1.54, 1.807) is 23.2 Å². The van der Waals surface area contributed by atoms with E-state index >= 15 is 0 Å². The van der Waals surface area contributed by atoms with Crippen LogP contribution in [0.2, 0.25) is 0 Å². The fraction of sp³-hybridized carbons (Fsp3) is 0.176. The predicted octanol–water partition coefficient (Wildman–Crippen LogP) is 2.78. The molecule has 0 saturated heterocycles. The van der Waals surface area contributed by atoms with Crippen LogP contribution in [0.25, 0.3) is 11.3 Å². The van der Waals surface area contributed by atoms with Gasteiger partial charge >= 0.3 is 0 Å². The van der Waals surface area contributed by atoms with Crippen LogP contribution >= 0.6 is 0 Å². The summed E-state index contributed by atoms with van der Waals surface area (Å²) in [5, 5.41) is 6.86. The second-order valence-electron chi connectivity index (χ2n) is 5.23. The summed E-state index contributed by atoms with van der Waals surface area (Å²) in [5.74, 6) is -1.00. The van der Waals surface area contributed by atoms with Crippen LogP contribution in [0.1, 0.15) is 5.56 Å². The maximum absolute atomic E-state index is 13.5. The summed E-state index contributed by atoms with van der Waals surface area (Å²) < 4.78 is 33.3. The number of furan rings is 1. The van der Waals surface area contributed by atoms with E-state index in [-0.39, 0.29) is 17.9 Å². The van der Waals surface area contributed by atoms with Crippen molar-refractivity contribution < 1.29 is 18.0 Å². The van der Waals surface area contributed by atoms with Gasteiger partial charge in [0, 0.05) is 18.8 Å². The molecular formula is C17H15F2N3O2. The van der Waals surface area contributed by atoms with Crippen molar-refractivity contribution in [2.75, 3.05) is 6.54 Å². The number of halogens is 2. The molecule has 24 heavy (non-hydrogen) atoms. The Morgan fingerprint density at radius 2 is 2.17 bits per heavy atom. The van der Waals surface area contributed by atoms with Crippen molar-refractivity contribution in [1.29, 1.82) is 0 Å². The Morgan fingerprint density at radius 1 is 1.29 bits per heavy atom. The number of carbonyl (C=O) groups is 1. The van der Waals surface area contributed by atoms with Crippen LogP contribution in [0, 0.1) is 11.6 Å². The lowest BCUT2D eigenvalue weighted by Gasteiger charge is -2.06. The van der Waals surface area contributed by atoms with Gasteiger partial charge in [-0.3, -0.25) is 9.48 Å². The van der Waals surface area contributed by atoms with E-state index in [9.17, 15) is 13.6 Å². The Morgan fingerprint density at radius 3 is 2.92 bits per heavy atom. The minimum Gasteiger partial charge on any atom is -0.464 e. The molecule has 1 amide bonds. The van der Waals surface area contributed by atoms with Crippen LogP contribution in [0.3, 0.4) is 0 Å². The number of aromatic nitrogens is 2. The summed E-state index contributed by atoms with van der Waals surface area (Å²) in [6.07, 6.45) is 4.93. The summed E-state index contributed by atoms with van der Waals surface area (Å²) in [7, 11) is 0. The molecule has 0 saturated carbocycles. The largest absolute Gasteiger partial charge is 0.464 e. The number of carbonyl (C=O) groups excluding carboxylic acids is 1. The van der Waals surface area contributed by atoms with Crippen molar-refractivity contribution in [3.63, 3.8) is 0 Å². The Labute approximate surface area is 136 Å². The van der Waals surface area contributed by atoms with Crippen molar-refractivity contribution in [2.45, 2.75) is 13.0 Å². The molecule has 7 heteroatoms. The Hall–Kier alpha value is -2.96. The number of nitrogens with zero attached hydrogens (tertiary/aromatic N) is 2. The lowest BCUT2D eigenvalue weighted by molar-refractivity contribution is -0.120. The molecule has 0 atom stereocenters. The van der Waals surface area contributed by atoms with E-state index in [0.29, 0.717) is 13.1 Å². The van der Waals surface area contributed by atoms with E-state index in [1.807, 2.05) is 12.3 Å². The molecule has 0 aliphatic rings. The van der Waals surface area contributed by atoms with Crippen LogP contribution in [0.15, 0.2) is 53.4 Å². The molecular weight excluding hydrogens is 316 g/mol. The van der Waals surface area contributed by atoms with Gasteiger partial charge in [-0.1, -0.05) is 6.07 Å². The van der Waals surface area contributed by atoms with Crippen LogP contribution < -0.4 is 5.32 Å². The van der Waals surface area contributed by atoms with Gasteiger partial charge in [0.1, 0.15) is 17.4 Å². The minimum absolute atomic E-state index is 0.136. The topological polar surface area (TPSA) is 60.1 Å². The maximum atomic E-state index is 13.5. The molecule has 1 aromatic carbocycles. The Balaban J connectivity index is 1.48. The highest BCUT2D eigenvalue weighted by Gasteiger charge is 2.09. The van der Waals surface area contributed by atoms with Gasteiger partial charge in [-0.25, -0.2) is 8.78 Å². The number of benzene rings is 1. The second-order valence-corrected chi connectivity index (χ2v) is 5.23. The first kappa shape index (κ1) is 15.9. The van der Waals surface area contributed by atoms with Crippen molar-refractivity contribution in [2.24, 2.45) is 0 Å². The zero-order chi connectivity index (χ0) is 16.9. The summed E-state index contributed by atoms with van der Waals surface area (Å²) in [6.45, 7) is 0.819. The molecule has 3 rings (SSSR count). The number of hydrogen-bond donors (Lipinski definition) is 1. The van der Waals surface area contributed by atoms with Crippen LogP contribution in [-0.2, 0) is 17.8 Å². The third-order valence-electron chi connectivity index (χ3n) is 3.47. The normalized spacial score (nSPS) is 10.8. The van der Waals surface area contributed by atoms with E-state index in [2.05, 4.69) is 10.4 Å². The molecule has 2 heterocycles. The third-order valence-corrected chi connectivity index (χ3v) is 3.47. The molecule has 0 bridgehead atoms. The van der Waals surface area contributed by atoms with Crippen molar-refractivity contribution in [3.8, 4) is 11.3 Å². The lowest BCUT2D eigenvalue weighted by atomic mass is 10.1. The second kappa shape index (κ2) is 7.08. The van der Waals surface area contributed by atoms with Gasteiger partial charge in [0.05, 0.1) is 31.0 Å². The van der Waals surface area contributed by atoms with Crippen LogP contribution in [0.5, 0.6) is 0 Å². The average molecular weight is 331 g/mol. The van der Waals surface area contributed by atoms with Gasteiger partial charge in [0.25, 0.3) is 0 Å². The van der Waals surface area contributed by atoms with Crippen molar-refractivity contribution in [3.05, 3.63) is 66.2 Å². The summed E-state index contributed by atoms with van der Waals surface area (Å²) in [5.41, 5.74) is 1.01. The van der Waals surface area contributed by atoms with E-state index in [0.717, 1.165) is 23.5 Å². The SMILES string of the molecule is O=C(Cc1ccc(F)cc1F)NCCn1cc(-c2ccco2)cn1. The molecule has 0 aliphatic heterocycles. The summed E-state index contributed by atoms with van der Waals surface area (Å²) >= 11 is 0. The number of hydrogen-bond acceptors (Lipinski definition) is 3. The molecule has 1 N–H and O–H groups in total. The molecule has 0 spiro atoms. The Kier molecular flexibility index (Phi) is 4.69. The standard InChI is InChI=1S/C17H15F2N3O2/c18-14-4-3-12(15(19)9-14)8-17(23)20-5-6-22-11-13(10-21-22)16-2-1-7-24-16/h1-4,7,9-11H,5-6,8H2,(H,20,23). The molecule has 124 valence electrons. The van der Waals surface area contributed by atoms with Crippen LogP contribution in [-0.4, -0.2) is 22.2 Å². The first-order chi connectivity index (χ1) is 11.6. The molecule has 0 radical (unpaired) electrons. The fourth-order valence-electron chi connectivity index (χ4n) is 2.27. The number of nitrogens with one attached hydrogen (secondary N) is 1. The van der Waals surface area contributed by atoms with E-state index in [4.69, 9.17) is 4.42 Å². The smallest absolute Gasteiger partial charge is 0.224 e. The van der Waals surface area contributed by atoms with Gasteiger partial charge in [0.15, 0.2) is 0 Å². The van der Waals surface area contributed by atoms with Crippen LogP contribution in [0.4, 0.5) is 8.78 Å². The highest BCUT2D eigenvalue weighted by molar-refractivity contribution is 5.78. The first-order valence-corrected chi connectivity index (χ1v) is 7.39. The highest BCUT2D eigenvalue weighted by atomic mass is 19.1. The quantitative estimate of drug-likeness (QED) is 0.755. The number of amides is 1. The fourth-order valence-corrected chi connectivity index (χ4v) is 2.27. The zero-order valence-corrected chi connectivity index (χ0v) is 12.7. The van der Waals surface area contributed by atoms with E-state index in [1.165, 1.54) is 6.07 Å². The minimum atomic E-state index is -0.722. The van der Waals surface area contributed by atoms with Crippen molar-refractivity contribution in [1.82, 2.24) is 15.1 Å². The summed E-state index contributed by atoms with van der Waals surface area (Å²) in [4.78, 5) is 11.8.